The molecule has 1 saturated heterocycles. The molecule has 0 aromatic carbocycles. The maximum absolute atomic E-state index is 5.39. The standard InChI is InChI=1S/C13H15BrN2O/c14-11-2-1-5-16-12(11)9-15-13(16)8-10-3-6-17-7-4-10/h1-2,5,9-10H,3-4,6-8H2. The van der Waals surface area contributed by atoms with E-state index in [1.54, 1.807) is 0 Å². The molecule has 1 aliphatic rings. The summed E-state index contributed by atoms with van der Waals surface area (Å²) in [6.07, 6.45) is 7.39. The smallest absolute Gasteiger partial charge is 0.113 e. The van der Waals surface area contributed by atoms with Gasteiger partial charge in [0, 0.05) is 30.3 Å². The summed E-state index contributed by atoms with van der Waals surface area (Å²) in [5.74, 6) is 1.88. The van der Waals surface area contributed by atoms with Gasteiger partial charge in [-0.25, -0.2) is 4.98 Å². The second-order valence-electron chi connectivity index (χ2n) is 4.55. The van der Waals surface area contributed by atoms with Crippen LogP contribution in [-0.2, 0) is 11.2 Å². The molecule has 17 heavy (non-hydrogen) atoms. The molecule has 1 fully saturated rings. The summed E-state index contributed by atoms with van der Waals surface area (Å²) in [6, 6.07) is 4.10. The van der Waals surface area contributed by atoms with Crippen molar-refractivity contribution >= 4 is 21.4 Å². The van der Waals surface area contributed by atoms with Crippen molar-refractivity contribution in [1.82, 2.24) is 9.38 Å². The summed E-state index contributed by atoms with van der Waals surface area (Å²) in [6.45, 7) is 1.80. The summed E-state index contributed by atoms with van der Waals surface area (Å²) >= 11 is 3.55. The van der Waals surface area contributed by atoms with Gasteiger partial charge in [0.2, 0.25) is 0 Å². The first-order chi connectivity index (χ1) is 8.34. The predicted molar refractivity (Wildman–Crippen MR) is 70.1 cm³/mol. The molecule has 0 unspecified atom stereocenters. The molecular formula is C13H15BrN2O. The van der Waals surface area contributed by atoms with E-state index in [-0.39, 0.29) is 0 Å². The zero-order valence-electron chi connectivity index (χ0n) is 9.60. The van der Waals surface area contributed by atoms with Crippen molar-refractivity contribution in [3.05, 3.63) is 34.8 Å². The van der Waals surface area contributed by atoms with Crippen LogP contribution in [-0.4, -0.2) is 22.6 Å². The number of aromatic nitrogens is 2. The van der Waals surface area contributed by atoms with Crippen molar-refractivity contribution in [3.8, 4) is 0 Å². The normalized spacial score (nSPS) is 17.7. The minimum absolute atomic E-state index is 0.716. The third-order valence-corrected chi connectivity index (χ3v) is 4.08. The number of hydrogen-bond donors (Lipinski definition) is 0. The fourth-order valence-electron chi connectivity index (χ4n) is 2.40. The van der Waals surface area contributed by atoms with Gasteiger partial charge in [0.15, 0.2) is 0 Å². The van der Waals surface area contributed by atoms with Gasteiger partial charge >= 0.3 is 0 Å². The number of imidazole rings is 1. The number of pyridine rings is 1. The Balaban J connectivity index is 1.87. The van der Waals surface area contributed by atoms with E-state index < -0.39 is 0 Å². The zero-order chi connectivity index (χ0) is 11.7. The SMILES string of the molecule is Brc1cccn2c(CC3CCOCC3)ncc12. The lowest BCUT2D eigenvalue weighted by molar-refractivity contribution is 0.0659. The summed E-state index contributed by atoms with van der Waals surface area (Å²) < 4.78 is 8.67. The molecular weight excluding hydrogens is 280 g/mol. The molecule has 0 radical (unpaired) electrons. The highest BCUT2D eigenvalue weighted by Gasteiger charge is 2.17. The van der Waals surface area contributed by atoms with Gasteiger partial charge in [-0.15, -0.1) is 0 Å². The highest BCUT2D eigenvalue weighted by molar-refractivity contribution is 9.10. The van der Waals surface area contributed by atoms with Crippen molar-refractivity contribution in [2.45, 2.75) is 19.3 Å². The van der Waals surface area contributed by atoms with Crippen molar-refractivity contribution in [2.75, 3.05) is 13.2 Å². The highest BCUT2D eigenvalue weighted by atomic mass is 79.9. The molecule has 0 bridgehead atoms. The predicted octanol–water partition coefficient (Wildman–Crippen LogP) is 3.07. The summed E-state index contributed by atoms with van der Waals surface area (Å²) in [5.41, 5.74) is 1.15. The van der Waals surface area contributed by atoms with Crippen LogP contribution >= 0.6 is 15.9 Å². The lowest BCUT2D eigenvalue weighted by atomic mass is 9.96. The fraction of sp³-hybridized carbons (Fsp3) is 0.462. The summed E-state index contributed by atoms with van der Waals surface area (Å²) in [5, 5.41) is 0. The van der Waals surface area contributed by atoms with Crippen LogP contribution in [0.1, 0.15) is 18.7 Å². The average Bonchev–Trinajstić information content (AvgIpc) is 2.76. The molecule has 0 saturated carbocycles. The second kappa shape index (κ2) is 4.78. The van der Waals surface area contributed by atoms with E-state index in [4.69, 9.17) is 4.74 Å². The van der Waals surface area contributed by atoms with E-state index in [9.17, 15) is 0 Å². The van der Waals surface area contributed by atoms with Crippen molar-refractivity contribution in [1.29, 1.82) is 0 Å². The van der Waals surface area contributed by atoms with Gasteiger partial charge in [-0.3, -0.25) is 0 Å². The topological polar surface area (TPSA) is 26.5 Å². The quantitative estimate of drug-likeness (QED) is 0.851. The minimum atomic E-state index is 0.716. The molecule has 0 N–H and O–H groups in total. The third-order valence-electron chi connectivity index (χ3n) is 3.41. The molecule has 3 nitrogen and oxygen atoms in total. The van der Waals surface area contributed by atoms with Crippen LogP contribution in [0.5, 0.6) is 0 Å². The number of ether oxygens (including phenoxy) is 1. The number of hydrogen-bond acceptors (Lipinski definition) is 2. The largest absolute Gasteiger partial charge is 0.381 e. The average molecular weight is 295 g/mol. The fourth-order valence-corrected chi connectivity index (χ4v) is 2.85. The van der Waals surface area contributed by atoms with Gasteiger partial charge < -0.3 is 9.14 Å². The maximum Gasteiger partial charge on any atom is 0.113 e. The molecule has 3 rings (SSSR count). The lowest BCUT2D eigenvalue weighted by Gasteiger charge is -2.21. The molecule has 90 valence electrons. The number of rotatable bonds is 2. The van der Waals surface area contributed by atoms with E-state index in [0.29, 0.717) is 5.92 Å². The van der Waals surface area contributed by atoms with Crippen LogP contribution in [0.3, 0.4) is 0 Å². The summed E-state index contributed by atoms with van der Waals surface area (Å²) in [7, 11) is 0. The monoisotopic (exact) mass is 294 g/mol. The van der Waals surface area contributed by atoms with E-state index >= 15 is 0 Å². The van der Waals surface area contributed by atoms with Crippen LogP contribution in [0.4, 0.5) is 0 Å². The van der Waals surface area contributed by atoms with Gasteiger partial charge in [0.05, 0.1) is 11.7 Å². The molecule has 4 heteroatoms. The van der Waals surface area contributed by atoms with E-state index in [2.05, 4.69) is 37.6 Å². The Hall–Kier alpha value is -0.870. The molecule has 3 heterocycles. The zero-order valence-corrected chi connectivity index (χ0v) is 11.2. The summed E-state index contributed by atoms with van der Waals surface area (Å²) in [4.78, 5) is 4.54. The van der Waals surface area contributed by atoms with Crippen LogP contribution in [0.2, 0.25) is 0 Å². The van der Waals surface area contributed by atoms with Gasteiger partial charge in [-0.1, -0.05) is 0 Å². The van der Waals surface area contributed by atoms with Crippen LogP contribution in [0.25, 0.3) is 5.52 Å². The van der Waals surface area contributed by atoms with E-state index in [1.807, 2.05) is 12.3 Å². The van der Waals surface area contributed by atoms with Crippen LogP contribution in [0.15, 0.2) is 29.0 Å². The first-order valence-electron chi connectivity index (χ1n) is 6.03. The Morgan fingerprint density at radius 2 is 2.24 bits per heavy atom. The Labute approximate surface area is 109 Å². The van der Waals surface area contributed by atoms with E-state index in [1.165, 1.54) is 0 Å². The Morgan fingerprint density at radius 1 is 1.41 bits per heavy atom. The van der Waals surface area contributed by atoms with Crippen molar-refractivity contribution in [3.63, 3.8) is 0 Å². The molecule has 0 amide bonds. The van der Waals surface area contributed by atoms with Crippen molar-refractivity contribution < 1.29 is 4.74 Å². The molecule has 2 aromatic rings. The molecule has 0 spiro atoms. The molecule has 0 aliphatic carbocycles. The number of nitrogens with zero attached hydrogens (tertiary/aromatic N) is 2. The van der Waals surface area contributed by atoms with Gasteiger partial charge in [0.25, 0.3) is 0 Å². The molecule has 0 atom stereocenters. The number of halogens is 1. The second-order valence-corrected chi connectivity index (χ2v) is 5.40. The Morgan fingerprint density at radius 3 is 3.06 bits per heavy atom. The first-order valence-corrected chi connectivity index (χ1v) is 6.82. The van der Waals surface area contributed by atoms with E-state index in [0.717, 1.165) is 48.3 Å². The van der Waals surface area contributed by atoms with Gasteiger partial charge in [0.1, 0.15) is 5.82 Å². The van der Waals surface area contributed by atoms with Crippen LogP contribution in [0, 0.1) is 5.92 Å². The lowest BCUT2D eigenvalue weighted by Crippen LogP contribution is -2.18. The van der Waals surface area contributed by atoms with Crippen LogP contribution < -0.4 is 0 Å². The Kier molecular flexibility index (Phi) is 3.16. The van der Waals surface area contributed by atoms with Gasteiger partial charge in [-0.05, 0) is 46.8 Å². The third kappa shape index (κ3) is 2.24. The van der Waals surface area contributed by atoms with Gasteiger partial charge in [-0.2, -0.15) is 0 Å². The minimum Gasteiger partial charge on any atom is -0.381 e. The maximum atomic E-state index is 5.39. The molecule has 1 aliphatic heterocycles. The first kappa shape index (κ1) is 11.2. The van der Waals surface area contributed by atoms with Crippen molar-refractivity contribution in [2.24, 2.45) is 5.92 Å². The molecule has 2 aromatic heterocycles. The Bertz CT molecular complexity index is 517. The highest BCUT2D eigenvalue weighted by Crippen LogP contribution is 2.23. The number of fused-ring (bicyclic) bond motifs is 1.